The lowest BCUT2D eigenvalue weighted by atomic mass is 10.1. The molecule has 3 N–H and O–H groups in total. The van der Waals surface area contributed by atoms with Crippen molar-refractivity contribution < 1.29 is 13.7 Å². The number of hydrogen-bond acceptors (Lipinski definition) is 15. The van der Waals surface area contributed by atoms with E-state index in [2.05, 4.69) is 53.9 Å². The zero-order valence-electron chi connectivity index (χ0n) is 37.3. The number of carbonyl (C=O) groups excluding carboxylic acids is 1. The molecule has 1 amide bonds. The zero-order valence-corrected chi connectivity index (χ0v) is 38.9. The number of ether oxygens (including phenoxy) is 1. The summed E-state index contributed by atoms with van der Waals surface area (Å²) in [5, 5.41) is 4.24. The Morgan fingerprint density at radius 2 is 1.83 bits per heavy atom. The number of amides is 1. The van der Waals surface area contributed by atoms with Gasteiger partial charge in [0.05, 0.1) is 79.2 Å². The number of H-pyrrole nitrogens is 1. The molecule has 7 aromatic heterocycles. The predicted octanol–water partition coefficient (Wildman–Crippen LogP) is 6.14. The van der Waals surface area contributed by atoms with Gasteiger partial charge in [0.1, 0.15) is 27.7 Å². The molecule has 2 aliphatic heterocycles. The molecule has 19 heteroatoms. The molecule has 1 aromatic carbocycles. The molecule has 3 fully saturated rings. The number of carbonyl (C=O) groups is 1. The highest BCUT2D eigenvalue weighted by molar-refractivity contribution is 7.93. The summed E-state index contributed by atoms with van der Waals surface area (Å²) in [6, 6.07) is 17.6. The molecule has 11 rings (SSSR count). The first-order chi connectivity index (χ1) is 31.9. The highest BCUT2D eigenvalue weighted by atomic mass is 32.2. The van der Waals surface area contributed by atoms with E-state index in [-0.39, 0.29) is 23.6 Å². The van der Waals surface area contributed by atoms with Gasteiger partial charge in [-0.25, -0.2) is 24.1 Å². The number of thiazole rings is 1. The summed E-state index contributed by atoms with van der Waals surface area (Å²) in [7, 11) is -0.653. The van der Waals surface area contributed by atoms with Crippen LogP contribution in [0, 0.1) is 11.7 Å². The molecule has 66 heavy (non-hydrogen) atoms. The topological polar surface area (TPSA) is 204 Å². The number of hydrogen-bond donors (Lipinski definition) is 3. The van der Waals surface area contributed by atoms with Crippen molar-refractivity contribution in [2.75, 3.05) is 69.0 Å². The molecule has 1 aliphatic carbocycles. The van der Waals surface area contributed by atoms with Gasteiger partial charge in [0, 0.05) is 68.0 Å². The molecule has 3 aliphatic rings. The number of aryl methyl sites for hydroxylation is 1. The summed E-state index contributed by atoms with van der Waals surface area (Å²) in [6.07, 6.45) is 10.9. The largest absolute Gasteiger partial charge is 0.377 e. The third kappa shape index (κ3) is 8.13. The lowest BCUT2D eigenvalue weighted by molar-refractivity contribution is 0.0951. The summed E-state index contributed by atoms with van der Waals surface area (Å²) < 4.78 is 28.9. The molecular formula is C47H51N13O4S2. The minimum Gasteiger partial charge on any atom is -0.377 e. The van der Waals surface area contributed by atoms with Crippen LogP contribution in [-0.2, 0) is 25.8 Å². The van der Waals surface area contributed by atoms with E-state index in [1.54, 1.807) is 18.6 Å². The standard InChI is InChI=1S/C27H27N7O2S.C20H24N6O2S/c1-17-14-29-18(15-28-17)16-30-26(36)23-24(35)19-8-9-22(33-11-5-10-32(2)12-13-33)31-25(19)34-20-6-3-4-7-21(20)37-27(23)34;1-13-12-28-10-9-26(13)17-11-16(20(5-6-20)29(2,21)27)24-19(25-17)15-4-8-23-18-14(15)3-7-22-18/h3-4,6-9,14-15H,5,10-13,16H2,1-2H3,(H,30,36);3-4,7-8,11,13,21H,5-6,9-10,12H2,1-2H3,(H,22,23). The van der Waals surface area contributed by atoms with Crippen LogP contribution < -0.4 is 20.5 Å². The number of pyridine rings is 3. The van der Waals surface area contributed by atoms with Crippen molar-refractivity contribution in [2.45, 2.75) is 50.4 Å². The van der Waals surface area contributed by atoms with Crippen LogP contribution in [0.1, 0.15) is 53.6 Å². The number of aromatic nitrogens is 8. The number of morpholine rings is 1. The number of anilines is 2. The van der Waals surface area contributed by atoms with E-state index in [1.165, 1.54) is 17.6 Å². The Hall–Kier alpha value is -6.41. The maximum absolute atomic E-state index is 13.7. The third-order valence-corrected chi connectivity index (χ3v) is 16.1. The fourth-order valence-electron chi connectivity index (χ4n) is 8.92. The van der Waals surface area contributed by atoms with Gasteiger partial charge in [0.2, 0.25) is 5.43 Å². The van der Waals surface area contributed by atoms with Crippen LogP contribution in [-0.4, -0.2) is 120 Å². The molecule has 340 valence electrons. The van der Waals surface area contributed by atoms with Crippen LogP contribution in [0.5, 0.6) is 0 Å². The summed E-state index contributed by atoms with van der Waals surface area (Å²) in [5.41, 5.74) is 5.10. The monoisotopic (exact) mass is 925 g/mol. The molecule has 17 nitrogen and oxygen atoms in total. The fourth-order valence-corrected chi connectivity index (χ4v) is 11.5. The molecule has 0 spiro atoms. The second kappa shape index (κ2) is 17.4. The molecular weight excluding hydrogens is 875 g/mol. The van der Waals surface area contributed by atoms with E-state index < -0.39 is 20.4 Å². The SMILES string of the molecule is CC1COCCN1c1cc(C2(S(C)(=N)=O)CC2)nc(-c2ccnc3[nH]ccc23)n1.Cc1cnc(CNC(=O)c2c(=O)c3ccc(N4CCCN(C)CC4)nc3n3c2sc2ccccc23)cn1. The molecule has 8 aromatic rings. The fraction of sp³-hybridized carbons (Fsp3) is 0.362. The van der Waals surface area contributed by atoms with Crippen molar-refractivity contribution in [1.29, 1.82) is 4.78 Å². The Morgan fingerprint density at radius 1 is 0.985 bits per heavy atom. The van der Waals surface area contributed by atoms with Gasteiger partial charge in [-0.15, -0.1) is 11.3 Å². The predicted molar refractivity (Wildman–Crippen MR) is 259 cm³/mol. The van der Waals surface area contributed by atoms with Crippen LogP contribution in [0.25, 0.3) is 48.5 Å². The average molecular weight is 926 g/mol. The van der Waals surface area contributed by atoms with E-state index in [0.29, 0.717) is 46.3 Å². The van der Waals surface area contributed by atoms with Gasteiger partial charge >= 0.3 is 0 Å². The van der Waals surface area contributed by atoms with Gasteiger partial charge in [-0.2, -0.15) is 0 Å². The molecule has 0 radical (unpaired) electrons. The number of nitrogens with zero attached hydrogens (tertiary/aromatic N) is 10. The second-order valence-corrected chi connectivity index (χ2v) is 20.9. The van der Waals surface area contributed by atoms with E-state index in [1.807, 2.05) is 72.1 Å². The van der Waals surface area contributed by atoms with Gasteiger partial charge < -0.3 is 29.7 Å². The maximum Gasteiger partial charge on any atom is 0.258 e. The number of aromatic amines is 1. The lowest BCUT2D eigenvalue weighted by Crippen LogP contribution is -2.44. The van der Waals surface area contributed by atoms with E-state index in [0.717, 1.165) is 96.1 Å². The second-order valence-electron chi connectivity index (χ2n) is 17.4. The first-order valence-corrected chi connectivity index (χ1v) is 24.9. The van der Waals surface area contributed by atoms with Gasteiger partial charge in [0.25, 0.3) is 5.91 Å². The normalized spacial score (nSPS) is 18.5. The lowest BCUT2D eigenvalue weighted by Gasteiger charge is -2.35. The van der Waals surface area contributed by atoms with E-state index in [4.69, 9.17) is 24.5 Å². The highest BCUT2D eigenvalue weighted by Crippen LogP contribution is 2.53. The van der Waals surface area contributed by atoms with Crippen molar-refractivity contribution in [3.63, 3.8) is 0 Å². The van der Waals surface area contributed by atoms with E-state index >= 15 is 0 Å². The Balaban J connectivity index is 0.000000160. The van der Waals surface area contributed by atoms with Gasteiger partial charge in [-0.1, -0.05) is 12.1 Å². The molecule has 9 heterocycles. The van der Waals surface area contributed by atoms with Crippen molar-refractivity contribution in [2.24, 2.45) is 0 Å². The third-order valence-electron chi connectivity index (χ3n) is 12.8. The van der Waals surface area contributed by atoms with Gasteiger partial charge in [-0.3, -0.25) is 28.7 Å². The smallest absolute Gasteiger partial charge is 0.258 e. The number of fused-ring (bicyclic) bond motifs is 6. The number of benzene rings is 1. The van der Waals surface area contributed by atoms with Crippen molar-refractivity contribution in [1.82, 2.24) is 49.5 Å². The van der Waals surface area contributed by atoms with Gasteiger partial charge in [0.15, 0.2) is 11.5 Å². The van der Waals surface area contributed by atoms with Crippen molar-refractivity contribution in [3.8, 4) is 11.4 Å². The van der Waals surface area contributed by atoms with Gasteiger partial charge in [-0.05, 0) is 83.1 Å². The number of rotatable bonds is 8. The zero-order chi connectivity index (χ0) is 45.7. The first-order valence-electron chi connectivity index (χ1n) is 22.1. The summed E-state index contributed by atoms with van der Waals surface area (Å²) in [4.78, 5) is 65.3. The van der Waals surface area contributed by atoms with E-state index in [9.17, 15) is 13.8 Å². The number of likely N-dealkylation sites (N-methyl/N-ethyl adjacent to an activating group) is 1. The van der Waals surface area contributed by atoms with Crippen LogP contribution in [0.2, 0.25) is 0 Å². The van der Waals surface area contributed by atoms with Crippen LogP contribution >= 0.6 is 11.3 Å². The van der Waals surface area contributed by atoms with Crippen LogP contribution in [0.3, 0.4) is 0 Å². The van der Waals surface area contributed by atoms with Crippen LogP contribution in [0.4, 0.5) is 11.6 Å². The Bertz CT molecular complexity index is 3310. The molecule has 0 bridgehead atoms. The highest BCUT2D eigenvalue weighted by Gasteiger charge is 2.53. The summed E-state index contributed by atoms with van der Waals surface area (Å²) in [6.45, 7) is 9.96. The Labute approximate surface area is 385 Å². The molecule has 2 unspecified atom stereocenters. The van der Waals surface area contributed by atoms with Crippen LogP contribution in [0.15, 0.2) is 84.2 Å². The Kier molecular flexibility index (Phi) is 11.5. The average Bonchev–Trinajstić information content (AvgIpc) is 3.94. The summed E-state index contributed by atoms with van der Waals surface area (Å²) >= 11 is 1.43. The molecule has 2 saturated heterocycles. The van der Waals surface area contributed by atoms with Crippen molar-refractivity contribution in [3.05, 3.63) is 112 Å². The number of para-hydroxylation sites is 1. The minimum atomic E-state index is -2.79. The molecule has 1 saturated carbocycles. The van der Waals surface area contributed by atoms with Crippen molar-refractivity contribution >= 4 is 75.7 Å². The maximum atomic E-state index is 13.7. The quantitative estimate of drug-likeness (QED) is 0.157. The first kappa shape index (κ1) is 43.5. The summed E-state index contributed by atoms with van der Waals surface area (Å²) in [5.74, 6) is 1.80. The number of nitrogens with one attached hydrogen (secondary N) is 3. The Morgan fingerprint density at radius 3 is 2.62 bits per heavy atom. The molecule has 2 atom stereocenters. The minimum absolute atomic E-state index is 0.125.